The highest BCUT2D eigenvalue weighted by Gasteiger charge is 2.59. The van der Waals surface area contributed by atoms with Crippen molar-refractivity contribution < 1.29 is 36.3 Å². The number of nitrogens with zero attached hydrogens (tertiary/aromatic N) is 1. The molecule has 0 spiro atoms. The molecule has 0 unspecified atom stereocenters. The van der Waals surface area contributed by atoms with Gasteiger partial charge in [-0.05, 0) is 12.1 Å². The zero-order valence-corrected chi connectivity index (χ0v) is 10.6. The van der Waals surface area contributed by atoms with Crippen LogP contribution in [-0.4, -0.2) is 29.5 Å². The van der Waals surface area contributed by atoms with Gasteiger partial charge in [0.2, 0.25) is 0 Å². The summed E-state index contributed by atoms with van der Waals surface area (Å²) in [5, 5.41) is 10.6. The summed E-state index contributed by atoms with van der Waals surface area (Å²) in [6.07, 6.45) is -15.5. The number of ether oxygens (including phenoxy) is 1. The van der Waals surface area contributed by atoms with Crippen LogP contribution >= 0.6 is 11.6 Å². The Hall–Kier alpha value is -1.84. The van der Waals surface area contributed by atoms with Crippen molar-refractivity contribution in [3.8, 4) is 5.75 Å². The summed E-state index contributed by atoms with van der Waals surface area (Å²) in [5.41, 5.74) is 4.58. The van der Waals surface area contributed by atoms with E-state index in [0.717, 1.165) is 18.2 Å². The smallest absolute Gasteiger partial charge is 0.434 e. The number of rotatable bonds is 3. The second-order valence-electron chi connectivity index (χ2n) is 3.68. The van der Waals surface area contributed by atoms with Gasteiger partial charge in [-0.3, -0.25) is 0 Å². The predicted molar refractivity (Wildman–Crippen MR) is 60.5 cm³/mol. The standard InChI is InChI=1S/C10H7ClF6N2O2/c11-4-2-1-3-5(6(4)7(18)19-20)21-8(9(12,13)14)10(15,16)17/h1-3,8,20H,(H2,18,19). The molecule has 0 amide bonds. The first-order chi connectivity index (χ1) is 9.48. The quantitative estimate of drug-likeness (QED) is 0.292. The van der Waals surface area contributed by atoms with E-state index in [2.05, 4.69) is 9.89 Å². The van der Waals surface area contributed by atoms with Crippen molar-refractivity contribution in [2.45, 2.75) is 18.5 Å². The number of nitrogens with two attached hydrogens (primary N) is 1. The van der Waals surface area contributed by atoms with Crippen LogP contribution in [0.15, 0.2) is 23.4 Å². The minimum absolute atomic E-state index is 0.342. The topological polar surface area (TPSA) is 67.8 Å². The third-order valence-electron chi connectivity index (χ3n) is 2.18. The fourth-order valence-corrected chi connectivity index (χ4v) is 1.61. The van der Waals surface area contributed by atoms with Crippen molar-refractivity contribution in [2.24, 2.45) is 10.9 Å². The normalized spacial score (nSPS) is 13.6. The maximum absolute atomic E-state index is 12.4. The lowest BCUT2D eigenvalue weighted by atomic mass is 10.1. The lowest BCUT2D eigenvalue weighted by Crippen LogP contribution is -2.46. The summed E-state index contributed by atoms with van der Waals surface area (Å²) in [6.45, 7) is 0. The van der Waals surface area contributed by atoms with Crippen LogP contribution in [0.1, 0.15) is 5.56 Å². The molecular weight excluding hydrogens is 330 g/mol. The van der Waals surface area contributed by atoms with Crippen LogP contribution in [0.25, 0.3) is 0 Å². The van der Waals surface area contributed by atoms with E-state index in [9.17, 15) is 26.3 Å². The maximum atomic E-state index is 12.4. The highest BCUT2D eigenvalue weighted by atomic mass is 35.5. The molecule has 0 aliphatic heterocycles. The summed E-state index contributed by atoms with van der Waals surface area (Å²) >= 11 is 5.60. The Morgan fingerprint density at radius 1 is 1.19 bits per heavy atom. The Labute approximate surface area is 118 Å². The summed E-state index contributed by atoms with van der Waals surface area (Å²) < 4.78 is 78.5. The van der Waals surface area contributed by atoms with Gasteiger partial charge in [0.1, 0.15) is 5.75 Å². The minimum atomic E-state index is -5.71. The van der Waals surface area contributed by atoms with E-state index in [1.807, 2.05) is 0 Å². The monoisotopic (exact) mass is 336 g/mol. The molecule has 0 atom stereocenters. The van der Waals surface area contributed by atoms with Crippen molar-refractivity contribution in [3.63, 3.8) is 0 Å². The molecule has 21 heavy (non-hydrogen) atoms. The second-order valence-corrected chi connectivity index (χ2v) is 4.09. The first-order valence-corrected chi connectivity index (χ1v) is 5.42. The molecule has 0 aliphatic rings. The molecule has 0 heterocycles. The first kappa shape index (κ1) is 17.2. The van der Waals surface area contributed by atoms with Crippen LogP contribution < -0.4 is 10.5 Å². The SMILES string of the molecule is N/C(=N/O)c1c(Cl)cccc1OC(C(F)(F)F)C(F)(F)F. The number of benzene rings is 1. The summed E-state index contributed by atoms with van der Waals surface area (Å²) in [6, 6.07) is 2.96. The molecule has 1 aromatic carbocycles. The van der Waals surface area contributed by atoms with Gasteiger partial charge in [-0.25, -0.2) is 0 Å². The van der Waals surface area contributed by atoms with E-state index in [0.29, 0.717) is 0 Å². The molecule has 11 heteroatoms. The van der Waals surface area contributed by atoms with Crippen molar-refractivity contribution in [1.82, 2.24) is 0 Å². The molecule has 1 rings (SSSR count). The zero-order chi connectivity index (χ0) is 16.4. The van der Waals surface area contributed by atoms with Gasteiger partial charge in [0.05, 0.1) is 10.6 Å². The number of amidine groups is 1. The lowest BCUT2D eigenvalue weighted by molar-refractivity contribution is -0.299. The van der Waals surface area contributed by atoms with Crippen molar-refractivity contribution in [1.29, 1.82) is 0 Å². The summed E-state index contributed by atoms with van der Waals surface area (Å²) in [4.78, 5) is 0. The fourth-order valence-electron chi connectivity index (χ4n) is 1.35. The van der Waals surface area contributed by atoms with E-state index in [1.54, 1.807) is 0 Å². The molecule has 0 aliphatic carbocycles. The van der Waals surface area contributed by atoms with Gasteiger partial charge >= 0.3 is 12.4 Å². The maximum Gasteiger partial charge on any atom is 0.434 e. The first-order valence-electron chi connectivity index (χ1n) is 5.05. The van der Waals surface area contributed by atoms with Gasteiger partial charge in [-0.1, -0.05) is 22.8 Å². The molecular formula is C10H7ClF6N2O2. The third kappa shape index (κ3) is 4.06. The molecule has 0 radical (unpaired) electrons. The molecule has 1 aromatic rings. The average Bonchev–Trinajstić information content (AvgIpc) is 2.32. The van der Waals surface area contributed by atoms with Gasteiger partial charge < -0.3 is 15.7 Å². The lowest BCUT2D eigenvalue weighted by Gasteiger charge is -2.25. The van der Waals surface area contributed by atoms with Gasteiger partial charge in [-0.15, -0.1) is 0 Å². The van der Waals surface area contributed by atoms with Gasteiger partial charge in [0.25, 0.3) is 6.10 Å². The average molecular weight is 337 g/mol. The van der Waals surface area contributed by atoms with E-state index in [4.69, 9.17) is 22.5 Å². The number of oxime groups is 1. The third-order valence-corrected chi connectivity index (χ3v) is 2.49. The summed E-state index contributed by atoms with van der Waals surface area (Å²) in [5.74, 6) is -1.71. The largest absolute Gasteiger partial charge is 0.470 e. The fraction of sp³-hybridized carbons (Fsp3) is 0.300. The number of hydrogen-bond donors (Lipinski definition) is 2. The van der Waals surface area contributed by atoms with Crippen LogP contribution in [0.4, 0.5) is 26.3 Å². The van der Waals surface area contributed by atoms with Crippen LogP contribution in [0.3, 0.4) is 0 Å². The zero-order valence-electron chi connectivity index (χ0n) is 9.84. The van der Waals surface area contributed by atoms with Gasteiger partial charge in [0, 0.05) is 0 Å². The highest BCUT2D eigenvalue weighted by molar-refractivity contribution is 6.34. The Morgan fingerprint density at radius 2 is 1.71 bits per heavy atom. The Balaban J connectivity index is 3.32. The minimum Gasteiger partial charge on any atom is -0.470 e. The van der Waals surface area contributed by atoms with Crippen LogP contribution in [-0.2, 0) is 0 Å². The van der Waals surface area contributed by atoms with Crippen molar-refractivity contribution in [2.75, 3.05) is 0 Å². The Kier molecular flexibility index (Phi) is 4.82. The van der Waals surface area contributed by atoms with E-state index in [-0.39, 0.29) is 5.02 Å². The molecule has 0 bridgehead atoms. The molecule has 0 aromatic heterocycles. The molecule has 0 fully saturated rings. The molecule has 3 N–H and O–H groups in total. The highest BCUT2D eigenvalue weighted by Crippen LogP contribution is 2.38. The number of alkyl halides is 6. The molecule has 0 saturated heterocycles. The van der Waals surface area contributed by atoms with Crippen LogP contribution in [0.5, 0.6) is 5.75 Å². The van der Waals surface area contributed by atoms with Gasteiger partial charge in [0.15, 0.2) is 5.84 Å². The van der Waals surface area contributed by atoms with Crippen molar-refractivity contribution in [3.05, 3.63) is 28.8 Å². The van der Waals surface area contributed by atoms with E-state index >= 15 is 0 Å². The molecule has 118 valence electrons. The number of hydrogen-bond acceptors (Lipinski definition) is 3. The van der Waals surface area contributed by atoms with E-state index < -0.39 is 35.6 Å². The Morgan fingerprint density at radius 3 is 2.14 bits per heavy atom. The Bertz CT molecular complexity index is 529. The van der Waals surface area contributed by atoms with Crippen molar-refractivity contribution >= 4 is 17.4 Å². The number of halogens is 7. The second kappa shape index (κ2) is 5.88. The summed E-state index contributed by atoms with van der Waals surface area (Å²) in [7, 11) is 0. The molecule has 4 nitrogen and oxygen atoms in total. The molecule has 0 saturated carbocycles. The predicted octanol–water partition coefficient (Wildman–Crippen LogP) is 3.31. The van der Waals surface area contributed by atoms with E-state index in [1.165, 1.54) is 0 Å². The van der Waals surface area contributed by atoms with Crippen LogP contribution in [0.2, 0.25) is 5.02 Å². The van der Waals surface area contributed by atoms with Gasteiger partial charge in [-0.2, -0.15) is 26.3 Å². The van der Waals surface area contributed by atoms with Crippen LogP contribution in [0, 0.1) is 0 Å².